The van der Waals surface area contributed by atoms with Crippen molar-refractivity contribution < 1.29 is 4.74 Å². The van der Waals surface area contributed by atoms with Crippen molar-refractivity contribution in [3.05, 3.63) is 16.8 Å². The molecule has 0 bridgehead atoms. The van der Waals surface area contributed by atoms with Crippen LogP contribution in [0.3, 0.4) is 0 Å². The van der Waals surface area contributed by atoms with Gasteiger partial charge in [-0.2, -0.15) is 0 Å². The van der Waals surface area contributed by atoms with Gasteiger partial charge in [-0.15, -0.1) is 11.3 Å². The summed E-state index contributed by atoms with van der Waals surface area (Å²) in [4.78, 5) is 14.5. The topological polar surface area (TPSA) is 38.3 Å². The Kier molecular flexibility index (Phi) is 4.61. The first-order valence-electron chi connectivity index (χ1n) is 10.5. The van der Waals surface area contributed by atoms with Gasteiger partial charge in [0.15, 0.2) is 0 Å². The third kappa shape index (κ3) is 2.93. The van der Waals surface area contributed by atoms with Gasteiger partial charge < -0.3 is 9.64 Å². The quantitative estimate of drug-likeness (QED) is 0.765. The number of nitrogens with zero attached hydrogens (tertiary/aromatic N) is 3. The number of aryl methyl sites for hydroxylation is 1. The van der Waals surface area contributed by atoms with Crippen LogP contribution in [0.5, 0.6) is 5.88 Å². The van der Waals surface area contributed by atoms with E-state index in [1.54, 1.807) is 6.33 Å². The van der Waals surface area contributed by atoms with Crippen molar-refractivity contribution in [3.8, 4) is 5.88 Å². The summed E-state index contributed by atoms with van der Waals surface area (Å²) >= 11 is 1.86. The van der Waals surface area contributed by atoms with Gasteiger partial charge in [0.25, 0.3) is 0 Å². The van der Waals surface area contributed by atoms with E-state index in [-0.39, 0.29) is 0 Å². The number of hydrogen-bond donors (Lipinski definition) is 0. The molecule has 0 amide bonds. The minimum Gasteiger partial charge on any atom is -0.474 e. The summed E-state index contributed by atoms with van der Waals surface area (Å²) in [6, 6.07) is 0.789. The molecule has 1 saturated carbocycles. The van der Waals surface area contributed by atoms with Gasteiger partial charge in [0, 0.05) is 10.9 Å². The number of fused-ring (bicyclic) bond motifs is 3. The van der Waals surface area contributed by atoms with E-state index in [9.17, 15) is 0 Å². The first kappa shape index (κ1) is 16.9. The first-order valence-corrected chi connectivity index (χ1v) is 11.3. The predicted octanol–water partition coefficient (Wildman–Crippen LogP) is 4.92. The third-order valence-electron chi connectivity index (χ3n) is 6.77. The van der Waals surface area contributed by atoms with Crippen LogP contribution in [0.25, 0.3) is 10.2 Å². The second kappa shape index (κ2) is 7.08. The lowest BCUT2D eigenvalue weighted by Gasteiger charge is -2.34. The maximum atomic E-state index is 6.49. The molecule has 2 aromatic heterocycles. The van der Waals surface area contributed by atoms with Crippen LogP contribution >= 0.6 is 11.3 Å². The summed E-state index contributed by atoms with van der Waals surface area (Å²) in [7, 11) is 0. The molecule has 0 aromatic carbocycles. The van der Waals surface area contributed by atoms with Gasteiger partial charge in [-0.3, -0.25) is 0 Å². The molecule has 2 aromatic rings. The Morgan fingerprint density at radius 2 is 1.92 bits per heavy atom. The first-order chi connectivity index (χ1) is 12.8. The van der Waals surface area contributed by atoms with Crippen molar-refractivity contribution in [1.82, 2.24) is 14.9 Å². The lowest BCUT2D eigenvalue weighted by Crippen LogP contribution is -2.38. The Morgan fingerprint density at radius 3 is 2.69 bits per heavy atom. The predicted molar refractivity (Wildman–Crippen MR) is 106 cm³/mol. The molecule has 140 valence electrons. The van der Waals surface area contributed by atoms with Crippen molar-refractivity contribution >= 4 is 21.6 Å². The number of rotatable bonds is 4. The van der Waals surface area contributed by atoms with E-state index in [1.165, 1.54) is 73.9 Å². The fraction of sp³-hybridized carbons (Fsp3) is 0.714. The monoisotopic (exact) mass is 371 g/mol. The van der Waals surface area contributed by atoms with E-state index < -0.39 is 0 Å². The fourth-order valence-corrected chi connectivity index (χ4v) is 6.56. The molecule has 5 rings (SSSR count). The highest BCUT2D eigenvalue weighted by Gasteiger charge is 2.31. The summed E-state index contributed by atoms with van der Waals surface area (Å²) in [5, 5.41) is 1.23. The van der Waals surface area contributed by atoms with E-state index in [1.807, 2.05) is 11.3 Å². The summed E-state index contributed by atoms with van der Waals surface area (Å²) in [6.07, 6.45) is 13.4. The molecule has 4 nitrogen and oxygen atoms in total. The summed E-state index contributed by atoms with van der Waals surface area (Å²) in [5.74, 6) is 1.52. The molecular formula is C21H29N3OS. The van der Waals surface area contributed by atoms with Gasteiger partial charge in [0.05, 0.1) is 5.39 Å². The van der Waals surface area contributed by atoms with Crippen molar-refractivity contribution in [2.45, 2.75) is 82.8 Å². The highest BCUT2D eigenvalue weighted by molar-refractivity contribution is 7.19. The minimum atomic E-state index is 0.323. The van der Waals surface area contributed by atoms with Crippen molar-refractivity contribution in [1.29, 1.82) is 0 Å². The second-order valence-electron chi connectivity index (χ2n) is 8.23. The van der Waals surface area contributed by atoms with E-state index >= 15 is 0 Å². The highest BCUT2D eigenvalue weighted by Crippen LogP contribution is 2.47. The number of thiophene rings is 1. The largest absolute Gasteiger partial charge is 0.474 e. The van der Waals surface area contributed by atoms with Crippen LogP contribution in [0.1, 0.15) is 74.6 Å². The van der Waals surface area contributed by atoms with Gasteiger partial charge in [0.2, 0.25) is 5.88 Å². The van der Waals surface area contributed by atoms with Crippen molar-refractivity contribution in [3.63, 3.8) is 0 Å². The molecule has 5 heteroatoms. The van der Waals surface area contributed by atoms with Gasteiger partial charge in [-0.05, 0) is 82.4 Å². The lowest BCUT2D eigenvalue weighted by molar-refractivity contribution is 0.0978. The minimum absolute atomic E-state index is 0.323. The molecule has 1 saturated heterocycles. The van der Waals surface area contributed by atoms with Crippen molar-refractivity contribution in [2.75, 3.05) is 13.1 Å². The summed E-state index contributed by atoms with van der Waals surface area (Å²) < 4.78 is 6.49. The zero-order valence-corrected chi connectivity index (χ0v) is 16.6. The molecule has 0 radical (unpaired) electrons. The average molecular weight is 372 g/mol. The molecular weight excluding hydrogens is 342 g/mol. The second-order valence-corrected chi connectivity index (χ2v) is 9.32. The standard InChI is InChI=1S/C21H29N3OS/c1-2-14-5-10-17-18(14)19-20(22-13-23-21(19)26-17)25-16-8-6-15(7-9-16)24-11-3-4-12-24/h13-16H,2-12H2,1H3/t14-,15?,16?/m0/s1. The SMILES string of the molecule is CC[C@H]1CCc2sc3ncnc(OC4CCC(N5CCCC5)CC4)c3c21. The number of hydrogen-bond acceptors (Lipinski definition) is 5. The Labute approximate surface area is 160 Å². The molecule has 26 heavy (non-hydrogen) atoms. The summed E-state index contributed by atoms with van der Waals surface area (Å²) in [6.45, 7) is 4.91. The smallest absolute Gasteiger partial charge is 0.225 e. The third-order valence-corrected chi connectivity index (χ3v) is 7.94. The Bertz CT molecular complexity index is 775. The maximum absolute atomic E-state index is 6.49. The summed E-state index contributed by atoms with van der Waals surface area (Å²) in [5.41, 5.74) is 1.51. The molecule has 3 heterocycles. The zero-order chi connectivity index (χ0) is 17.5. The van der Waals surface area contributed by atoms with E-state index in [2.05, 4.69) is 21.8 Å². The molecule has 0 N–H and O–H groups in total. The van der Waals surface area contributed by atoms with Gasteiger partial charge in [-0.1, -0.05) is 6.92 Å². The van der Waals surface area contributed by atoms with Crippen LogP contribution in [-0.4, -0.2) is 40.1 Å². The molecule has 2 fully saturated rings. The number of ether oxygens (including phenoxy) is 1. The molecule has 1 aliphatic heterocycles. The average Bonchev–Trinajstić information content (AvgIpc) is 3.39. The lowest BCUT2D eigenvalue weighted by atomic mass is 9.92. The van der Waals surface area contributed by atoms with Crippen LogP contribution in [0.4, 0.5) is 0 Å². The molecule has 2 aliphatic carbocycles. The molecule has 3 aliphatic rings. The van der Waals surface area contributed by atoms with Crippen LogP contribution in [0.15, 0.2) is 6.33 Å². The van der Waals surface area contributed by atoms with E-state index in [4.69, 9.17) is 4.74 Å². The normalized spacial score (nSPS) is 29.3. The Balaban J connectivity index is 1.34. The van der Waals surface area contributed by atoms with Crippen LogP contribution in [-0.2, 0) is 6.42 Å². The van der Waals surface area contributed by atoms with Crippen LogP contribution in [0.2, 0.25) is 0 Å². The fourth-order valence-electron chi connectivity index (χ4n) is 5.33. The van der Waals surface area contributed by atoms with Gasteiger partial charge >= 0.3 is 0 Å². The van der Waals surface area contributed by atoms with Crippen LogP contribution < -0.4 is 4.74 Å². The Morgan fingerprint density at radius 1 is 1.12 bits per heavy atom. The van der Waals surface area contributed by atoms with E-state index in [0.717, 1.165) is 29.6 Å². The highest BCUT2D eigenvalue weighted by atomic mass is 32.1. The Hall–Kier alpha value is -1.20. The van der Waals surface area contributed by atoms with E-state index in [0.29, 0.717) is 12.0 Å². The van der Waals surface area contributed by atoms with Gasteiger partial charge in [0.1, 0.15) is 17.3 Å². The van der Waals surface area contributed by atoms with Crippen molar-refractivity contribution in [2.24, 2.45) is 0 Å². The molecule has 1 atom stereocenters. The molecule has 0 spiro atoms. The maximum Gasteiger partial charge on any atom is 0.225 e. The number of likely N-dealkylation sites (tertiary alicyclic amines) is 1. The number of aromatic nitrogens is 2. The van der Waals surface area contributed by atoms with Gasteiger partial charge in [-0.25, -0.2) is 9.97 Å². The van der Waals surface area contributed by atoms with Crippen LogP contribution in [0, 0.1) is 0 Å². The molecule has 0 unspecified atom stereocenters. The zero-order valence-electron chi connectivity index (χ0n) is 15.7.